The molecule has 7 heteroatoms. The minimum Gasteiger partial charge on any atom is -0.478 e. The lowest BCUT2D eigenvalue weighted by atomic mass is 10.1. The maximum Gasteiger partial charge on any atom is 0.416 e. The Balaban J connectivity index is 3.28. The van der Waals surface area contributed by atoms with E-state index in [0.717, 1.165) is 6.07 Å². The lowest BCUT2D eigenvalue weighted by molar-refractivity contribution is -0.137. The Labute approximate surface area is 99.4 Å². The van der Waals surface area contributed by atoms with Gasteiger partial charge in [-0.25, -0.2) is 4.79 Å². The van der Waals surface area contributed by atoms with E-state index >= 15 is 0 Å². The fourth-order valence-electron chi connectivity index (χ4n) is 1.15. The zero-order valence-corrected chi connectivity index (χ0v) is 8.71. The van der Waals surface area contributed by atoms with Gasteiger partial charge in [-0.2, -0.15) is 13.2 Å². The molecule has 0 aliphatic heterocycles. The highest BCUT2D eigenvalue weighted by atomic mass is 19.4. The summed E-state index contributed by atoms with van der Waals surface area (Å²) in [6.45, 7) is 0. The van der Waals surface area contributed by atoms with Crippen molar-refractivity contribution in [1.82, 2.24) is 0 Å². The summed E-state index contributed by atoms with van der Waals surface area (Å²) in [6.07, 6.45) is 0.0198. The summed E-state index contributed by atoms with van der Waals surface area (Å²) in [5.41, 5.74) is -2.11. The van der Waals surface area contributed by atoms with Gasteiger partial charge in [0.05, 0.1) is 11.1 Å². The van der Waals surface area contributed by atoms with Crippen LogP contribution in [0.1, 0.15) is 15.9 Å². The van der Waals surface area contributed by atoms with E-state index in [-0.39, 0.29) is 5.69 Å². The number of hydrogen-bond acceptors (Lipinski definition) is 2. The van der Waals surface area contributed by atoms with Crippen molar-refractivity contribution < 1.29 is 27.9 Å². The molecule has 0 aliphatic carbocycles. The Kier molecular flexibility index (Phi) is 3.61. The number of carbonyl (C=O) groups excluding carboxylic acids is 1. The van der Waals surface area contributed by atoms with Crippen LogP contribution in [0, 0.1) is 12.3 Å². The summed E-state index contributed by atoms with van der Waals surface area (Å²) in [6, 6.07) is 1.95. The number of rotatable bonds is 2. The zero-order valence-electron chi connectivity index (χ0n) is 8.71. The molecule has 0 fully saturated rings. The number of terminal acetylenes is 1. The number of carboxylic acid groups (broad SMARTS) is 1. The van der Waals surface area contributed by atoms with Gasteiger partial charge in [0.1, 0.15) is 0 Å². The lowest BCUT2D eigenvalue weighted by Crippen LogP contribution is -2.12. The van der Waals surface area contributed by atoms with E-state index in [1.807, 2.05) is 5.32 Å². The Hall–Kier alpha value is -2.49. The molecule has 2 N–H and O–H groups in total. The first-order chi connectivity index (χ1) is 8.24. The molecule has 1 aromatic rings. The van der Waals surface area contributed by atoms with Crippen LogP contribution in [0.25, 0.3) is 0 Å². The van der Waals surface area contributed by atoms with Gasteiger partial charge in [-0.15, -0.1) is 6.42 Å². The third-order valence-electron chi connectivity index (χ3n) is 1.90. The average Bonchev–Trinajstić information content (AvgIpc) is 2.27. The van der Waals surface area contributed by atoms with Crippen molar-refractivity contribution in [1.29, 1.82) is 0 Å². The minimum absolute atomic E-state index is 0.329. The molecule has 0 heterocycles. The monoisotopic (exact) mass is 257 g/mol. The van der Waals surface area contributed by atoms with Crippen molar-refractivity contribution >= 4 is 17.6 Å². The topological polar surface area (TPSA) is 66.4 Å². The second-order valence-electron chi connectivity index (χ2n) is 3.20. The number of alkyl halides is 3. The Morgan fingerprint density at radius 1 is 1.28 bits per heavy atom. The molecule has 0 unspecified atom stereocenters. The maximum absolute atomic E-state index is 12.5. The minimum atomic E-state index is -4.72. The molecule has 0 aliphatic rings. The van der Waals surface area contributed by atoms with E-state index in [1.165, 1.54) is 0 Å². The van der Waals surface area contributed by atoms with Gasteiger partial charge in [0.15, 0.2) is 0 Å². The van der Waals surface area contributed by atoms with Crippen LogP contribution in [-0.2, 0) is 11.0 Å². The van der Waals surface area contributed by atoms with Gasteiger partial charge in [-0.3, -0.25) is 4.79 Å². The summed E-state index contributed by atoms with van der Waals surface area (Å²) >= 11 is 0. The molecule has 18 heavy (non-hydrogen) atoms. The van der Waals surface area contributed by atoms with Crippen LogP contribution < -0.4 is 5.32 Å². The van der Waals surface area contributed by atoms with Crippen LogP contribution in [0.3, 0.4) is 0 Å². The van der Waals surface area contributed by atoms with Crippen LogP contribution in [0.2, 0.25) is 0 Å². The second kappa shape index (κ2) is 4.79. The first kappa shape index (κ1) is 13.6. The van der Waals surface area contributed by atoms with E-state index in [4.69, 9.17) is 11.5 Å². The predicted molar refractivity (Wildman–Crippen MR) is 55.9 cm³/mol. The molecule has 0 radical (unpaired) electrons. The standard InChI is InChI=1S/C11H6F3NO3/c1-2-9(16)15-8-4-6(10(17)18)3-7(5-8)11(12,13)14/h1,3-5H,(H,15,16)(H,17,18). The van der Waals surface area contributed by atoms with Crippen molar-refractivity contribution in [3.8, 4) is 12.3 Å². The van der Waals surface area contributed by atoms with Crippen molar-refractivity contribution in [2.24, 2.45) is 0 Å². The molecule has 0 atom stereocenters. The summed E-state index contributed by atoms with van der Waals surface area (Å²) < 4.78 is 37.5. The number of nitrogens with one attached hydrogen (secondary N) is 1. The van der Waals surface area contributed by atoms with Gasteiger partial charge in [-0.1, -0.05) is 0 Å². The number of anilines is 1. The molecule has 0 spiro atoms. The Bertz CT molecular complexity index is 543. The van der Waals surface area contributed by atoms with Crippen LogP contribution in [0.15, 0.2) is 18.2 Å². The molecule has 0 aromatic heterocycles. The Morgan fingerprint density at radius 2 is 1.89 bits per heavy atom. The van der Waals surface area contributed by atoms with Crippen molar-refractivity contribution in [2.75, 3.05) is 5.32 Å². The van der Waals surface area contributed by atoms with Crippen molar-refractivity contribution in [2.45, 2.75) is 6.18 Å². The first-order valence-electron chi connectivity index (χ1n) is 4.47. The second-order valence-corrected chi connectivity index (χ2v) is 3.20. The van der Waals surface area contributed by atoms with Crippen molar-refractivity contribution in [3.63, 3.8) is 0 Å². The van der Waals surface area contributed by atoms with E-state index in [0.29, 0.717) is 12.1 Å². The number of amides is 1. The molecule has 0 saturated heterocycles. The van der Waals surface area contributed by atoms with E-state index in [9.17, 15) is 22.8 Å². The molecule has 4 nitrogen and oxygen atoms in total. The maximum atomic E-state index is 12.5. The molecular formula is C11H6F3NO3. The van der Waals surface area contributed by atoms with E-state index in [1.54, 1.807) is 5.92 Å². The van der Waals surface area contributed by atoms with Crippen LogP contribution in [0.5, 0.6) is 0 Å². The van der Waals surface area contributed by atoms with Gasteiger partial charge in [0, 0.05) is 5.69 Å². The summed E-state index contributed by atoms with van der Waals surface area (Å²) in [5.74, 6) is -0.870. The van der Waals surface area contributed by atoms with Gasteiger partial charge in [-0.05, 0) is 24.1 Å². The SMILES string of the molecule is C#CC(=O)Nc1cc(C(=O)O)cc(C(F)(F)F)c1. The first-order valence-corrected chi connectivity index (χ1v) is 4.47. The number of hydrogen-bond donors (Lipinski definition) is 2. The number of benzene rings is 1. The molecule has 1 amide bonds. The highest BCUT2D eigenvalue weighted by Crippen LogP contribution is 2.32. The number of carbonyl (C=O) groups is 2. The number of aromatic carboxylic acids is 1. The smallest absolute Gasteiger partial charge is 0.416 e. The molecule has 1 aromatic carbocycles. The third-order valence-corrected chi connectivity index (χ3v) is 1.90. The molecule has 0 saturated carbocycles. The predicted octanol–water partition coefficient (Wildman–Crippen LogP) is 1.98. The summed E-state index contributed by atoms with van der Waals surface area (Å²) in [4.78, 5) is 21.5. The fraction of sp³-hybridized carbons (Fsp3) is 0.0909. The van der Waals surface area contributed by atoms with Crippen LogP contribution in [-0.4, -0.2) is 17.0 Å². The molecule has 94 valence electrons. The molecule has 0 bridgehead atoms. The fourth-order valence-corrected chi connectivity index (χ4v) is 1.15. The van der Waals surface area contributed by atoms with E-state index < -0.39 is 29.2 Å². The normalized spacial score (nSPS) is 10.6. The Morgan fingerprint density at radius 3 is 2.33 bits per heavy atom. The third kappa shape index (κ3) is 3.25. The van der Waals surface area contributed by atoms with Gasteiger partial charge < -0.3 is 10.4 Å². The summed E-state index contributed by atoms with van der Waals surface area (Å²) in [7, 11) is 0. The quantitative estimate of drug-likeness (QED) is 0.796. The highest BCUT2D eigenvalue weighted by molar-refractivity contribution is 6.04. The zero-order chi connectivity index (χ0) is 13.9. The summed E-state index contributed by atoms with van der Waals surface area (Å²) in [5, 5.41) is 10.6. The van der Waals surface area contributed by atoms with Gasteiger partial charge >= 0.3 is 12.1 Å². The largest absolute Gasteiger partial charge is 0.478 e. The molecule has 1 rings (SSSR count). The van der Waals surface area contributed by atoms with Gasteiger partial charge in [0.25, 0.3) is 5.91 Å². The van der Waals surface area contributed by atoms with Gasteiger partial charge in [0.2, 0.25) is 0 Å². The highest BCUT2D eigenvalue weighted by Gasteiger charge is 2.32. The number of carboxylic acids is 1. The average molecular weight is 257 g/mol. The molecular weight excluding hydrogens is 251 g/mol. The number of halogens is 3. The van der Waals surface area contributed by atoms with Crippen molar-refractivity contribution in [3.05, 3.63) is 29.3 Å². The van der Waals surface area contributed by atoms with E-state index in [2.05, 4.69) is 0 Å². The van der Waals surface area contributed by atoms with Crippen LogP contribution in [0.4, 0.5) is 18.9 Å². The lowest BCUT2D eigenvalue weighted by Gasteiger charge is -2.10. The van der Waals surface area contributed by atoms with Crippen LogP contribution >= 0.6 is 0 Å².